The average Bonchev–Trinajstić information content (AvgIpc) is 2.77. The molecule has 2 N–H and O–H groups in total. The SMILES string of the molecule is Cc1ncn(-c2nc3ccccc3cc2CN)c1C. The van der Waals surface area contributed by atoms with Crippen LogP contribution >= 0.6 is 0 Å². The Morgan fingerprint density at radius 3 is 2.68 bits per heavy atom. The van der Waals surface area contributed by atoms with Crippen molar-refractivity contribution in [3.8, 4) is 5.82 Å². The molecule has 0 spiro atoms. The second-order valence-electron chi connectivity index (χ2n) is 4.65. The fourth-order valence-electron chi connectivity index (χ4n) is 2.22. The Morgan fingerprint density at radius 1 is 1.21 bits per heavy atom. The van der Waals surface area contributed by atoms with Gasteiger partial charge in [0.25, 0.3) is 0 Å². The molecule has 1 aromatic carbocycles. The molecule has 0 saturated heterocycles. The Bertz CT molecular complexity index is 743. The van der Waals surface area contributed by atoms with E-state index in [-0.39, 0.29) is 0 Å². The molecule has 0 atom stereocenters. The fraction of sp³-hybridized carbons (Fsp3) is 0.200. The summed E-state index contributed by atoms with van der Waals surface area (Å²) >= 11 is 0. The summed E-state index contributed by atoms with van der Waals surface area (Å²) in [6.45, 7) is 4.50. The highest BCUT2D eigenvalue weighted by Gasteiger charge is 2.11. The van der Waals surface area contributed by atoms with Crippen LogP contribution in [0.3, 0.4) is 0 Å². The van der Waals surface area contributed by atoms with Crippen molar-refractivity contribution in [2.24, 2.45) is 5.73 Å². The Hall–Kier alpha value is -2.20. The third-order valence-corrected chi connectivity index (χ3v) is 3.48. The summed E-state index contributed by atoms with van der Waals surface area (Å²) in [5.41, 5.74) is 9.97. The van der Waals surface area contributed by atoms with Gasteiger partial charge in [0.05, 0.1) is 11.2 Å². The maximum atomic E-state index is 5.86. The lowest BCUT2D eigenvalue weighted by molar-refractivity contribution is 0.916. The Morgan fingerprint density at radius 2 is 2.00 bits per heavy atom. The van der Waals surface area contributed by atoms with E-state index in [4.69, 9.17) is 10.7 Å². The number of nitrogens with two attached hydrogens (primary N) is 1. The first-order valence-corrected chi connectivity index (χ1v) is 6.30. The van der Waals surface area contributed by atoms with Crippen molar-refractivity contribution in [1.82, 2.24) is 14.5 Å². The first-order valence-electron chi connectivity index (χ1n) is 6.30. The molecule has 0 radical (unpaired) electrons. The van der Waals surface area contributed by atoms with Crippen molar-refractivity contribution < 1.29 is 0 Å². The molecule has 0 bridgehead atoms. The van der Waals surface area contributed by atoms with Gasteiger partial charge >= 0.3 is 0 Å². The largest absolute Gasteiger partial charge is 0.326 e. The van der Waals surface area contributed by atoms with Gasteiger partial charge in [-0.3, -0.25) is 4.57 Å². The average molecular weight is 252 g/mol. The van der Waals surface area contributed by atoms with E-state index in [9.17, 15) is 0 Å². The second kappa shape index (κ2) is 4.48. The van der Waals surface area contributed by atoms with E-state index in [1.54, 1.807) is 6.33 Å². The van der Waals surface area contributed by atoms with Crippen LogP contribution in [-0.4, -0.2) is 14.5 Å². The first kappa shape index (κ1) is 11.9. The fourth-order valence-corrected chi connectivity index (χ4v) is 2.22. The predicted octanol–water partition coefficient (Wildman–Crippen LogP) is 2.50. The van der Waals surface area contributed by atoms with E-state index in [1.165, 1.54) is 0 Å². The molecule has 2 heterocycles. The van der Waals surface area contributed by atoms with Gasteiger partial charge in [0.2, 0.25) is 0 Å². The zero-order chi connectivity index (χ0) is 13.4. The third kappa shape index (κ3) is 1.90. The minimum Gasteiger partial charge on any atom is -0.326 e. The molecular formula is C15H16N4. The molecule has 0 saturated carbocycles. The smallest absolute Gasteiger partial charge is 0.143 e. The van der Waals surface area contributed by atoms with Crippen LogP contribution in [0.2, 0.25) is 0 Å². The van der Waals surface area contributed by atoms with E-state index in [0.29, 0.717) is 6.54 Å². The number of para-hydroxylation sites is 1. The Kier molecular flexibility index (Phi) is 2.80. The Balaban J connectivity index is 2.30. The number of hydrogen-bond acceptors (Lipinski definition) is 3. The summed E-state index contributed by atoms with van der Waals surface area (Å²) < 4.78 is 2.00. The van der Waals surface area contributed by atoms with Crippen LogP contribution in [0.1, 0.15) is 17.0 Å². The lowest BCUT2D eigenvalue weighted by Crippen LogP contribution is -2.07. The molecule has 19 heavy (non-hydrogen) atoms. The molecule has 3 rings (SSSR count). The molecular weight excluding hydrogens is 236 g/mol. The van der Waals surface area contributed by atoms with Crippen molar-refractivity contribution >= 4 is 10.9 Å². The maximum Gasteiger partial charge on any atom is 0.143 e. The van der Waals surface area contributed by atoms with E-state index < -0.39 is 0 Å². The van der Waals surface area contributed by atoms with Crippen LogP contribution in [0, 0.1) is 13.8 Å². The minimum absolute atomic E-state index is 0.462. The third-order valence-electron chi connectivity index (χ3n) is 3.48. The lowest BCUT2D eigenvalue weighted by Gasteiger charge is -2.11. The van der Waals surface area contributed by atoms with Crippen LogP contribution < -0.4 is 5.73 Å². The number of rotatable bonds is 2. The van der Waals surface area contributed by atoms with E-state index in [0.717, 1.165) is 33.7 Å². The molecule has 3 aromatic rings. The van der Waals surface area contributed by atoms with E-state index >= 15 is 0 Å². The van der Waals surface area contributed by atoms with Crippen molar-refractivity contribution in [1.29, 1.82) is 0 Å². The topological polar surface area (TPSA) is 56.7 Å². The first-order chi connectivity index (χ1) is 9.20. The van der Waals surface area contributed by atoms with Gasteiger partial charge in [-0.05, 0) is 26.0 Å². The molecule has 2 aromatic heterocycles. The van der Waals surface area contributed by atoms with E-state index in [2.05, 4.69) is 17.1 Å². The predicted molar refractivity (Wildman–Crippen MR) is 76.2 cm³/mol. The number of fused-ring (bicyclic) bond motifs is 1. The molecule has 0 fully saturated rings. The van der Waals surface area contributed by atoms with Crippen molar-refractivity contribution in [2.75, 3.05) is 0 Å². The molecule has 96 valence electrons. The van der Waals surface area contributed by atoms with Gasteiger partial charge in [-0.2, -0.15) is 0 Å². The van der Waals surface area contributed by atoms with Gasteiger partial charge in [0, 0.05) is 23.2 Å². The highest BCUT2D eigenvalue weighted by Crippen LogP contribution is 2.21. The summed E-state index contributed by atoms with van der Waals surface area (Å²) in [4.78, 5) is 9.06. The van der Waals surface area contributed by atoms with Crippen LogP contribution in [0.25, 0.3) is 16.7 Å². The normalized spacial score (nSPS) is 11.1. The molecule has 4 heteroatoms. The minimum atomic E-state index is 0.462. The molecule has 0 aliphatic heterocycles. The monoisotopic (exact) mass is 252 g/mol. The van der Waals surface area contributed by atoms with Gasteiger partial charge < -0.3 is 5.73 Å². The second-order valence-corrected chi connectivity index (χ2v) is 4.65. The van der Waals surface area contributed by atoms with Crippen molar-refractivity contribution in [2.45, 2.75) is 20.4 Å². The van der Waals surface area contributed by atoms with Crippen molar-refractivity contribution in [3.05, 3.63) is 53.6 Å². The molecule has 0 amide bonds. The number of aryl methyl sites for hydroxylation is 1. The van der Waals surface area contributed by atoms with Crippen molar-refractivity contribution in [3.63, 3.8) is 0 Å². The number of imidazole rings is 1. The van der Waals surface area contributed by atoms with Gasteiger partial charge in [-0.25, -0.2) is 9.97 Å². The number of benzene rings is 1. The van der Waals surface area contributed by atoms with Gasteiger partial charge in [0.15, 0.2) is 0 Å². The van der Waals surface area contributed by atoms with Crippen LogP contribution in [0.5, 0.6) is 0 Å². The standard InChI is InChI=1S/C15H16N4/c1-10-11(2)19(9-17-10)15-13(8-16)7-12-5-3-4-6-14(12)18-15/h3-7,9H,8,16H2,1-2H3. The van der Waals surface area contributed by atoms with Gasteiger partial charge in [0.1, 0.15) is 12.1 Å². The molecule has 0 unspecified atom stereocenters. The molecule has 0 aliphatic carbocycles. The molecule has 4 nitrogen and oxygen atoms in total. The number of pyridine rings is 1. The maximum absolute atomic E-state index is 5.86. The zero-order valence-corrected chi connectivity index (χ0v) is 11.1. The summed E-state index contributed by atoms with van der Waals surface area (Å²) in [5, 5.41) is 1.11. The van der Waals surface area contributed by atoms with Gasteiger partial charge in [-0.15, -0.1) is 0 Å². The molecule has 0 aliphatic rings. The summed E-state index contributed by atoms with van der Waals surface area (Å²) in [7, 11) is 0. The van der Waals surface area contributed by atoms with Gasteiger partial charge in [-0.1, -0.05) is 18.2 Å². The quantitative estimate of drug-likeness (QED) is 0.762. The summed E-state index contributed by atoms with van der Waals surface area (Å²) in [6, 6.07) is 10.2. The summed E-state index contributed by atoms with van der Waals surface area (Å²) in [5.74, 6) is 0.874. The van der Waals surface area contributed by atoms with Crippen LogP contribution in [0.4, 0.5) is 0 Å². The lowest BCUT2D eigenvalue weighted by atomic mass is 10.1. The van der Waals surface area contributed by atoms with E-state index in [1.807, 2.05) is 36.6 Å². The van der Waals surface area contributed by atoms with Crippen LogP contribution in [-0.2, 0) is 6.54 Å². The van der Waals surface area contributed by atoms with Crippen LogP contribution in [0.15, 0.2) is 36.7 Å². The highest BCUT2D eigenvalue weighted by atomic mass is 15.1. The Labute approximate surface area is 111 Å². The zero-order valence-electron chi connectivity index (χ0n) is 11.1. The number of hydrogen-bond donors (Lipinski definition) is 1. The number of nitrogens with zero attached hydrogens (tertiary/aromatic N) is 3. The number of aromatic nitrogens is 3. The highest BCUT2D eigenvalue weighted by molar-refractivity contribution is 5.80. The summed E-state index contributed by atoms with van der Waals surface area (Å²) in [6.07, 6.45) is 1.81.